The summed E-state index contributed by atoms with van der Waals surface area (Å²) in [6.07, 6.45) is 11.4. The van der Waals surface area contributed by atoms with Crippen LogP contribution in [0.2, 0.25) is 0 Å². The summed E-state index contributed by atoms with van der Waals surface area (Å²) in [6, 6.07) is 14.9. The van der Waals surface area contributed by atoms with Crippen LogP contribution in [0.1, 0.15) is 35.1 Å². The van der Waals surface area contributed by atoms with Crippen molar-refractivity contribution in [3.05, 3.63) is 70.8 Å². The Morgan fingerprint density at radius 3 is 1.15 bits per heavy atom. The van der Waals surface area contributed by atoms with Crippen molar-refractivity contribution in [3.63, 3.8) is 0 Å². The number of aliphatic hydroxyl groups is 2. The molecule has 2 rings (SSSR count). The van der Waals surface area contributed by atoms with Gasteiger partial charge in [-0.2, -0.15) is 0 Å². The summed E-state index contributed by atoms with van der Waals surface area (Å²) in [5.41, 5.74) is 3.56. The van der Waals surface area contributed by atoms with Gasteiger partial charge in [0.05, 0.1) is 13.2 Å². The highest BCUT2D eigenvalue weighted by atomic mass is 16.3. The second-order valence-corrected chi connectivity index (χ2v) is 4.99. The van der Waals surface area contributed by atoms with Gasteiger partial charge in [0.25, 0.3) is 0 Å². The lowest BCUT2D eigenvalue weighted by atomic mass is 10.1. The molecule has 0 atom stereocenters. The van der Waals surface area contributed by atoms with Crippen LogP contribution in [-0.2, 0) is 0 Å². The highest BCUT2D eigenvalue weighted by Crippen LogP contribution is 2.02. The molecule has 0 saturated heterocycles. The number of rotatable bonds is 2. The molecule has 2 N–H and O–H groups in total. The minimum absolute atomic E-state index is 0.107. The molecule has 0 amide bonds. The number of terminal acetylenes is 2. The van der Waals surface area contributed by atoms with E-state index in [1.807, 2.05) is 48.5 Å². The fourth-order valence-corrected chi connectivity index (χ4v) is 1.74. The number of hydrogen-bond donors (Lipinski definition) is 2. The highest BCUT2D eigenvalue weighted by Gasteiger charge is 1.87. The van der Waals surface area contributed by atoms with Crippen LogP contribution in [0.3, 0.4) is 0 Å². The van der Waals surface area contributed by atoms with E-state index in [0.717, 1.165) is 22.3 Å². The third-order valence-corrected chi connectivity index (χ3v) is 3.04. The van der Waals surface area contributed by atoms with Gasteiger partial charge in [0, 0.05) is 35.1 Å². The molecule has 0 aliphatic carbocycles. The van der Waals surface area contributed by atoms with Gasteiger partial charge in [0.2, 0.25) is 0 Å². The van der Waals surface area contributed by atoms with E-state index in [0.29, 0.717) is 12.8 Å². The molecule has 0 saturated carbocycles. The van der Waals surface area contributed by atoms with E-state index in [-0.39, 0.29) is 13.2 Å². The standard InChI is InChI=1S/2C12H10O/c2*1-2-11-6-8-12(9-7-11)5-3-4-10-13/h2*1,6-9,13H,4,10H2. The molecular weight excluding hydrogens is 320 g/mol. The highest BCUT2D eigenvalue weighted by molar-refractivity contribution is 5.41. The molecule has 128 valence electrons. The molecule has 26 heavy (non-hydrogen) atoms. The van der Waals surface area contributed by atoms with Crippen LogP contribution in [0.5, 0.6) is 0 Å². The first kappa shape index (κ1) is 20.6. The Hall–Kier alpha value is -3.40. The van der Waals surface area contributed by atoms with Crippen molar-refractivity contribution in [3.8, 4) is 48.4 Å². The molecule has 2 aromatic carbocycles. The molecule has 0 heterocycles. The zero-order valence-corrected chi connectivity index (χ0v) is 14.5. The van der Waals surface area contributed by atoms with Crippen LogP contribution >= 0.6 is 0 Å². The van der Waals surface area contributed by atoms with Gasteiger partial charge in [0.15, 0.2) is 0 Å². The van der Waals surface area contributed by atoms with E-state index in [2.05, 4.69) is 35.5 Å². The largest absolute Gasteiger partial charge is 0.395 e. The molecular formula is C24H20O2. The van der Waals surface area contributed by atoms with Crippen LogP contribution in [0.15, 0.2) is 48.5 Å². The van der Waals surface area contributed by atoms with Gasteiger partial charge < -0.3 is 10.2 Å². The lowest BCUT2D eigenvalue weighted by Crippen LogP contribution is -1.78. The van der Waals surface area contributed by atoms with Crippen LogP contribution in [0, 0.1) is 48.4 Å². The molecule has 0 unspecified atom stereocenters. The molecule has 0 spiro atoms. The fourth-order valence-electron chi connectivity index (χ4n) is 1.74. The average molecular weight is 340 g/mol. The van der Waals surface area contributed by atoms with Crippen LogP contribution in [0.25, 0.3) is 0 Å². The summed E-state index contributed by atoms with van der Waals surface area (Å²) < 4.78 is 0. The first-order chi connectivity index (χ1) is 12.7. The Labute approximate surface area is 155 Å². The Morgan fingerprint density at radius 1 is 0.577 bits per heavy atom. The quantitative estimate of drug-likeness (QED) is 0.826. The Balaban J connectivity index is 0.000000260. The first-order valence-electron chi connectivity index (χ1n) is 8.06. The summed E-state index contributed by atoms with van der Waals surface area (Å²) in [7, 11) is 0. The van der Waals surface area contributed by atoms with E-state index >= 15 is 0 Å². The summed E-state index contributed by atoms with van der Waals surface area (Å²) >= 11 is 0. The van der Waals surface area contributed by atoms with Crippen molar-refractivity contribution in [2.75, 3.05) is 13.2 Å². The molecule has 0 aromatic heterocycles. The summed E-state index contributed by atoms with van der Waals surface area (Å²) in [5.74, 6) is 16.6. The van der Waals surface area contributed by atoms with Crippen molar-refractivity contribution in [1.29, 1.82) is 0 Å². The number of aliphatic hydroxyl groups excluding tert-OH is 2. The minimum atomic E-state index is 0.107. The van der Waals surface area contributed by atoms with E-state index in [1.54, 1.807) is 0 Å². The molecule has 2 nitrogen and oxygen atoms in total. The fraction of sp³-hybridized carbons (Fsp3) is 0.167. The SMILES string of the molecule is C#Cc1ccc(C#CCCO)cc1.C#Cc1ccc(C#CCCO)cc1. The smallest absolute Gasteiger partial charge is 0.0540 e. The van der Waals surface area contributed by atoms with Gasteiger partial charge in [-0.15, -0.1) is 12.8 Å². The van der Waals surface area contributed by atoms with Crippen LogP contribution in [0.4, 0.5) is 0 Å². The molecule has 2 heteroatoms. The zero-order valence-electron chi connectivity index (χ0n) is 14.5. The monoisotopic (exact) mass is 340 g/mol. The first-order valence-corrected chi connectivity index (χ1v) is 8.06. The molecule has 0 aliphatic rings. The van der Waals surface area contributed by atoms with Crippen molar-refractivity contribution < 1.29 is 10.2 Å². The van der Waals surface area contributed by atoms with Gasteiger partial charge in [-0.25, -0.2) is 0 Å². The summed E-state index contributed by atoms with van der Waals surface area (Å²) in [6.45, 7) is 0.213. The number of hydrogen-bond acceptors (Lipinski definition) is 2. The average Bonchev–Trinajstić information content (AvgIpc) is 2.70. The topological polar surface area (TPSA) is 40.5 Å². The lowest BCUT2D eigenvalue weighted by molar-refractivity contribution is 0.304. The van der Waals surface area contributed by atoms with Gasteiger partial charge in [-0.1, -0.05) is 35.5 Å². The van der Waals surface area contributed by atoms with E-state index in [9.17, 15) is 0 Å². The maximum atomic E-state index is 8.50. The van der Waals surface area contributed by atoms with E-state index in [4.69, 9.17) is 23.1 Å². The van der Waals surface area contributed by atoms with Gasteiger partial charge in [-0.05, 0) is 48.5 Å². The second kappa shape index (κ2) is 13.0. The molecule has 2 aromatic rings. The maximum Gasteiger partial charge on any atom is 0.0540 e. The molecule has 0 radical (unpaired) electrons. The summed E-state index contributed by atoms with van der Waals surface area (Å²) in [4.78, 5) is 0. The van der Waals surface area contributed by atoms with Gasteiger partial charge in [0.1, 0.15) is 0 Å². The van der Waals surface area contributed by atoms with Crippen molar-refractivity contribution in [1.82, 2.24) is 0 Å². The van der Waals surface area contributed by atoms with Crippen LogP contribution in [-0.4, -0.2) is 23.4 Å². The molecule has 0 aliphatic heterocycles. The van der Waals surface area contributed by atoms with E-state index < -0.39 is 0 Å². The summed E-state index contributed by atoms with van der Waals surface area (Å²) in [5, 5.41) is 17.0. The van der Waals surface area contributed by atoms with Crippen molar-refractivity contribution >= 4 is 0 Å². The maximum absolute atomic E-state index is 8.50. The Bertz CT molecular complexity index is 791. The molecule has 0 bridgehead atoms. The van der Waals surface area contributed by atoms with Crippen molar-refractivity contribution in [2.45, 2.75) is 12.8 Å². The second-order valence-electron chi connectivity index (χ2n) is 4.99. The third-order valence-electron chi connectivity index (χ3n) is 3.04. The zero-order chi connectivity index (χ0) is 19.0. The van der Waals surface area contributed by atoms with Gasteiger partial charge >= 0.3 is 0 Å². The minimum Gasteiger partial charge on any atom is -0.395 e. The molecule has 0 fully saturated rings. The lowest BCUT2D eigenvalue weighted by Gasteiger charge is -1.90. The van der Waals surface area contributed by atoms with Gasteiger partial charge in [-0.3, -0.25) is 0 Å². The predicted molar refractivity (Wildman–Crippen MR) is 106 cm³/mol. The van der Waals surface area contributed by atoms with Crippen molar-refractivity contribution in [2.24, 2.45) is 0 Å². The predicted octanol–water partition coefficient (Wildman–Crippen LogP) is 2.80. The van der Waals surface area contributed by atoms with Crippen LogP contribution < -0.4 is 0 Å². The normalized spacial score (nSPS) is 8.31. The number of benzene rings is 2. The Kier molecular flexibility index (Phi) is 10.3. The third kappa shape index (κ3) is 8.45. The van der Waals surface area contributed by atoms with E-state index in [1.165, 1.54) is 0 Å². The Morgan fingerprint density at radius 2 is 0.885 bits per heavy atom.